The van der Waals surface area contributed by atoms with Crippen molar-refractivity contribution in [2.75, 3.05) is 13.1 Å². The minimum absolute atomic E-state index is 0.138. The SMILES string of the molecule is CC(NN1CCCCC1)c1ccc(F)cn1. The number of rotatable bonds is 3. The highest BCUT2D eigenvalue weighted by Gasteiger charge is 2.14. The summed E-state index contributed by atoms with van der Waals surface area (Å²) in [5.74, 6) is -0.283. The lowest BCUT2D eigenvalue weighted by Crippen LogP contribution is -2.43. The molecule has 1 atom stereocenters. The van der Waals surface area contributed by atoms with Crippen LogP contribution in [-0.2, 0) is 0 Å². The van der Waals surface area contributed by atoms with E-state index in [-0.39, 0.29) is 11.9 Å². The van der Waals surface area contributed by atoms with Gasteiger partial charge in [-0.25, -0.2) is 14.8 Å². The van der Waals surface area contributed by atoms with Crippen LogP contribution in [0.3, 0.4) is 0 Å². The van der Waals surface area contributed by atoms with Crippen molar-refractivity contribution >= 4 is 0 Å². The summed E-state index contributed by atoms with van der Waals surface area (Å²) < 4.78 is 12.7. The molecular formula is C12H18FN3. The van der Waals surface area contributed by atoms with Crippen LogP contribution in [0.15, 0.2) is 18.3 Å². The molecule has 1 aliphatic heterocycles. The zero-order valence-corrected chi connectivity index (χ0v) is 9.62. The van der Waals surface area contributed by atoms with Gasteiger partial charge in [0.1, 0.15) is 5.82 Å². The molecule has 0 spiro atoms. The van der Waals surface area contributed by atoms with Crippen molar-refractivity contribution in [3.05, 3.63) is 29.8 Å². The molecule has 1 aliphatic rings. The fraction of sp³-hybridized carbons (Fsp3) is 0.583. The Morgan fingerprint density at radius 3 is 2.69 bits per heavy atom. The Hall–Kier alpha value is -1.00. The number of hydrogen-bond acceptors (Lipinski definition) is 3. The predicted molar refractivity (Wildman–Crippen MR) is 61.2 cm³/mol. The Bertz CT molecular complexity index is 320. The van der Waals surface area contributed by atoms with Gasteiger partial charge in [0, 0.05) is 13.1 Å². The largest absolute Gasteiger partial charge is 0.257 e. The fourth-order valence-corrected chi connectivity index (χ4v) is 2.01. The molecule has 1 saturated heterocycles. The molecule has 2 heterocycles. The molecule has 1 aromatic heterocycles. The molecule has 1 fully saturated rings. The first-order valence-corrected chi connectivity index (χ1v) is 5.88. The third-order valence-corrected chi connectivity index (χ3v) is 2.93. The number of nitrogens with zero attached hydrogens (tertiary/aromatic N) is 2. The van der Waals surface area contributed by atoms with Crippen molar-refractivity contribution in [3.8, 4) is 0 Å². The van der Waals surface area contributed by atoms with Crippen LogP contribution in [0.4, 0.5) is 4.39 Å². The molecule has 1 aromatic rings. The number of hydrogen-bond donors (Lipinski definition) is 1. The Kier molecular flexibility index (Phi) is 3.85. The summed E-state index contributed by atoms with van der Waals surface area (Å²) >= 11 is 0. The van der Waals surface area contributed by atoms with Gasteiger partial charge in [0.25, 0.3) is 0 Å². The first-order valence-electron chi connectivity index (χ1n) is 5.88. The van der Waals surface area contributed by atoms with Crippen molar-refractivity contribution in [2.24, 2.45) is 0 Å². The smallest absolute Gasteiger partial charge is 0.141 e. The maximum Gasteiger partial charge on any atom is 0.141 e. The molecular weight excluding hydrogens is 205 g/mol. The molecule has 88 valence electrons. The number of hydrazine groups is 1. The summed E-state index contributed by atoms with van der Waals surface area (Å²) in [5.41, 5.74) is 4.28. The molecule has 0 amide bonds. The van der Waals surface area contributed by atoms with Gasteiger partial charge < -0.3 is 0 Å². The van der Waals surface area contributed by atoms with Crippen LogP contribution in [0.5, 0.6) is 0 Å². The second-order valence-electron chi connectivity index (χ2n) is 4.30. The number of piperidine rings is 1. The van der Waals surface area contributed by atoms with Gasteiger partial charge in [0.2, 0.25) is 0 Å². The van der Waals surface area contributed by atoms with E-state index in [0.29, 0.717) is 0 Å². The normalized spacial score (nSPS) is 19.6. The average molecular weight is 223 g/mol. The van der Waals surface area contributed by atoms with E-state index in [1.165, 1.54) is 31.5 Å². The lowest BCUT2D eigenvalue weighted by Gasteiger charge is -2.30. The second-order valence-corrected chi connectivity index (χ2v) is 4.30. The predicted octanol–water partition coefficient (Wildman–Crippen LogP) is 2.27. The average Bonchev–Trinajstić information content (AvgIpc) is 2.31. The molecule has 2 rings (SSSR count). The van der Waals surface area contributed by atoms with Crippen LogP contribution >= 0.6 is 0 Å². The standard InChI is InChI=1S/C12H18FN3/c1-10(12-6-5-11(13)9-14-12)15-16-7-3-2-4-8-16/h5-6,9-10,15H,2-4,7-8H2,1H3. The fourth-order valence-electron chi connectivity index (χ4n) is 2.01. The van der Waals surface area contributed by atoms with Gasteiger partial charge in [-0.15, -0.1) is 0 Å². The van der Waals surface area contributed by atoms with E-state index in [1.54, 1.807) is 6.07 Å². The Morgan fingerprint density at radius 1 is 1.31 bits per heavy atom. The van der Waals surface area contributed by atoms with Crippen molar-refractivity contribution in [1.29, 1.82) is 0 Å². The molecule has 3 nitrogen and oxygen atoms in total. The van der Waals surface area contributed by atoms with Crippen molar-refractivity contribution in [1.82, 2.24) is 15.4 Å². The lowest BCUT2D eigenvalue weighted by atomic mass is 10.1. The van der Waals surface area contributed by atoms with Crippen LogP contribution in [-0.4, -0.2) is 23.1 Å². The van der Waals surface area contributed by atoms with Gasteiger partial charge in [0.05, 0.1) is 17.9 Å². The highest BCUT2D eigenvalue weighted by molar-refractivity contribution is 5.08. The maximum atomic E-state index is 12.7. The number of nitrogens with one attached hydrogen (secondary N) is 1. The Morgan fingerprint density at radius 2 is 2.06 bits per heavy atom. The summed E-state index contributed by atoms with van der Waals surface area (Å²) in [7, 11) is 0. The van der Waals surface area contributed by atoms with E-state index in [0.717, 1.165) is 18.8 Å². The van der Waals surface area contributed by atoms with Crippen LogP contribution in [0.2, 0.25) is 0 Å². The van der Waals surface area contributed by atoms with Crippen LogP contribution in [0.25, 0.3) is 0 Å². The quantitative estimate of drug-likeness (QED) is 0.852. The first-order chi connectivity index (χ1) is 7.75. The summed E-state index contributed by atoms with van der Waals surface area (Å²) in [6.45, 7) is 4.23. The Labute approximate surface area is 95.6 Å². The Balaban J connectivity index is 1.91. The van der Waals surface area contributed by atoms with E-state index in [9.17, 15) is 4.39 Å². The van der Waals surface area contributed by atoms with E-state index < -0.39 is 0 Å². The minimum Gasteiger partial charge on any atom is -0.257 e. The van der Waals surface area contributed by atoms with Gasteiger partial charge in [0.15, 0.2) is 0 Å². The molecule has 16 heavy (non-hydrogen) atoms. The van der Waals surface area contributed by atoms with Crippen LogP contribution in [0.1, 0.15) is 37.9 Å². The van der Waals surface area contributed by atoms with Crippen LogP contribution in [0, 0.1) is 5.82 Å². The van der Waals surface area contributed by atoms with Crippen LogP contribution < -0.4 is 5.43 Å². The summed E-state index contributed by atoms with van der Waals surface area (Å²) in [5, 5.41) is 2.24. The van der Waals surface area contributed by atoms with Gasteiger partial charge >= 0.3 is 0 Å². The summed E-state index contributed by atoms with van der Waals surface area (Å²) in [4.78, 5) is 4.08. The zero-order valence-electron chi connectivity index (χ0n) is 9.62. The van der Waals surface area contributed by atoms with Crippen molar-refractivity contribution in [3.63, 3.8) is 0 Å². The molecule has 1 N–H and O–H groups in total. The monoisotopic (exact) mass is 223 g/mol. The van der Waals surface area contributed by atoms with Gasteiger partial charge in [-0.1, -0.05) is 6.42 Å². The summed E-state index contributed by atoms with van der Waals surface area (Å²) in [6.07, 6.45) is 5.08. The number of pyridine rings is 1. The molecule has 0 saturated carbocycles. The maximum absolute atomic E-state index is 12.7. The first kappa shape index (κ1) is 11.5. The van der Waals surface area contributed by atoms with Gasteiger partial charge in [-0.2, -0.15) is 0 Å². The number of aromatic nitrogens is 1. The van der Waals surface area contributed by atoms with E-state index >= 15 is 0 Å². The third kappa shape index (κ3) is 3.00. The molecule has 0 bridgehead atoms. The highest BCUT2D eigenvalue weighted by atomic mass is 19.1. The number of halogens is 1. The highest BCUT2D eigenvalue weighted by Crippen LogP contribution is 2.13. The second kappa shape index (κ2) is 5.37. The topological polar surface area (TPSA) is 28.2 Å². The molecule has 1 unspecified atom stereocenters. The van der Waals surface area contributed by atoms with E-state index in [4.69, 9.17) is 0 Å². The van der Waals surface area contributed by atoms with Crippen molar-refractivity contribution < 1.29 is 4.39 Å². The van der Waals surface area contributed by atoms with Crippen molar-refractivity contribution in [2.45, 2.75) is 32.2 Å². The van der Waals surface area contributed by atoms with E-state index in [1.807, 2.05) is 0 Å². The van der Waals surface area contributed by atoms with Gasteiger partial charge in [-0.05, 0) is 31.9 Å². The minimum atomic E-state index is -0.283. The molecule has 0 radical (unpaired) electrons. The van der Waals surface area contributed by atoms with Gasteiger partial charge in [-0.3, -0.25) is 4.98 Å². The zero-order chi connectivity index (χ0) is 11.4. The summed E-state index contributed by atoms with van der Waals surface area (Å²) in [6, 6.07) is 3.33. The lowest BCUT2D eigenvalue weighted by molar-refractivity contribution is 0.132. The third-order valence-electron chi connectivity index (χ3n) is 2.93. The molecule has 0 aromatic carbocycles. The molecule has 4 heteroatoms. The molecule has 0 aliphatic carbocycles. The van der Waals surface area contributed by atoms with E-state index in [2.05, 4.69) is 22.3 Å².